The van der Waals surface area contributed by atoms with Crippen molar-refractivity contribution in [3.05, 3.63) is 88.0 Å². The van der Waals surface area contributed by atoms with Crippen LogP contribution in [0.5, 0.6) is 0 Å². The van der Waals surface area contributed by atoms with Crippen LogP contribution in [0.25, 0.3) is 0 Å². The predicted octanol–water partition coefficient (Wildman–Crippen LogP) is 4.29. The third kappa shape index (κ3) is 7.37. The minimum atomic E-state index is -1.14. The Labute approximate surface area is 199 Å². The maximum absolute atomic E-state index is 12.5. The summed E-state index contributed by atoms with van der Waals surface area (Å²) >= 11 is 12.0. The van der Waals surface area contributed by atoms with Gasteiger partial charge < -0.3 is 15.7 Å². The predicted molar refractivity (Wildman–Crippen MR) is 125 cm³/mol. The second kappa shape index (κ2) is 11.2. The van der Waals surface area contributed by atoms with Crippen LogP contribution in [0, 0.1) is 0 Å². The molecule has 3 amide bonds. The highest BCUT2D eigenvalue weighted by atomic mass is 35.5. The fourth-order valence-corrected chi connectivity index (χ4v) is 3.45. The van der Waals surface area contributed by atoms with Crippen molar-refractivity contribution in [2.24, 2.45) is 0 Å². The van der Waals surface area contributed by atoms with Crippen molar-refractivity contribution in [3.8, 4) is 0 Å². The highest BCUT2D eigenvalue weighted by Crippen LogP contribution is 2.25. The largest absolute Gasteiger partial charge is 0.481 e. The number of nitrogens with zero attached hydrogens (tertiary/aromatic N) is 1. The zero-order chi connectivity index (χ0) is 23.8. The molecule has 33 heavy (non-hydrogen) atoms. The number of urea groups is 1. The molecule has 2 aromatic carbocycles. The number of aromatic nitrogens is 1. The Morgan fingerprint density at radius 2 is 1.70 bits per heavy atom. The van der Waals surface area contributed by atoms with E-state index in [9.17, 15) is 19.5 Å². The van der Waals surface area contributed by atoms with Crippen LogP contribution in [-0.2, 0) is 4.79 Å². The molecule has 0 radical (unpaired) electrons. The molecular weight excluding hydrogens is 469 g/mol. The lowest BCUT2D eigenvalue weighted by molar-refractivity contribution is -0.137. The first-order chi connectivity index (χ1) is 15.8. The summed E-state index contributed by atoms with van der Waals surface area (Å²) in [6.07, 6.45) is 1.22. The van der Waals surface area contributed by atoms with Crippen LogP contribution in [0.2, 0.25) is 10.0 Å². The summed E-state index contributed by atoms with van der Waals surface area (Å²) in [4.78, 5) is 40.1. The summed E-state index contributed by atoms with van der Waals surface area (Å²) in [7, 11) is 0. The average Bonchev–Trinajstić information content (AvgIpc) is 2.77. The Kier molecular flexibility index (Phi) is 8.06. The van der Waals surface area contributed by atoms with E-state index in [1.807, 2.05) is 6.07 Å². The van der Waals surface area contributed by atoms with Crippen molar-refractivity contribution < 1.29 is 19.5 Å². The van der Waals surface area contributed by atoms with E-state index in [4.69, 9.17) is 23.2 Å². The van der Waals surface area contributed by atoms with E-state index in [0.29, 0.717) is 27.1 Å². The second-order valence-corrected chi connectivity index (χ2v) is 7.70. The van der Waals surface area contributed by atoms with Gasteiger partial charge in [0.25, 0.3) is 5.91 Å². The number of hydrogen-bond acceptors (Lipinski definition) is 5. The summed E-state index contributed by atoms with van der Waals surface area (Å²) in [6, 6.07) is 14.7. The van der Waals surface area contributed by atoms with Crippen LogP contribution in [-0.4, -0.2) is 28.0 Å². The monoisotopic (exact) mass is 487 g/mol. The number of nitrogens with one attached hydrogen (secondary N) is 4. The Hall–Kier alpha value is -3.82. The number of carboxylic acid groups (broad SMARTS) is 1. The SMILES string of the molecule is O=C(O)CC(NC(=O)NNC(=O)c1cccc(Nc2ccccn2)c1)c1cc(Cl)cc(Cl)c1. The lowest BCUT2D eigenvalue weighted by Crippen LogP contribution is -2.48. The molecule has 3 aromatic rings. The molecule has 1 unspecified atom stereocenters. The second-order valence-electron chi connectivity index (χ2n) is 6.83. The number of hydrazine groups is 1. The molecule has 0 saturated heterocycles. The van der Waals surface area contributed by atoms with Crippen molar-refractivity contribution in [2.45, 2.75) is 12.5 Å². The molecule has 0 bridgehead atoms. The number of benzene rings is 2. The Bertz CT molecular complexity index is 1140. The Morgan fingerprint density at radius 3 is 2.36 bits per heavy atom. The van der Waals surface area contributed by atoms with Crippen LogP contribution >= 0.6 is 23.2 Å². The van der Waals surface area contributed by atoms with Gasteiger partial charge in [-0.1, -0.05) is 35.3 Å². The topological polar surface area (TPSA) is 132 Å². The highest BCUT2D eigenvalue weighted by molar-refractivity contribution is 6.34. The summed E-state index contributed by atoms with van der Waals surface area (Å²) in [5, 5.41) is 15.3. The molecule has 0 saturated carbocycles. The quantitative estimate of drug-likeness (QED) is 0.315. The Morgan fingerprint density at radius 1 is 0.939 bits per heavy atom. The van der Waals surface area contributed by atoms with Gasteiger partial charge in [-0.15, -0.1) is 0 Å². The maximum atomic E-state index is 12.5. The van der Waals surface area contributed by atoms with Gasteiger partial charge in [-0.2, -0.15) is 0 Å². The van der Waals surface area contributed by atoms with Gasteiger partial charge in [0.1, 0.15) is 5.82 Å². The zero-order valence-electron chi connectivity index (χ0n) is 17.0. The fourth-order valence-electron chi connectivity index (χ4n) is 2.91. The third-order valence-electron chi connectivity index (χ3n) is 4.32. The van der Waals surface area contributed by atoms with Gasteiger partial charge >= 0.3 is 12.0 Å². The number of carboxylic acids is 1. The van der Waals surface area contributed by atoms with Crippen LogP contribution in [0.1, 0.15) is 28.4 Å². The van der Waals surface area contributed by atoms with E-state index in [1.165, 1.54) is 18.2 Å². The molecule has 0 fully saturated rings. The molecule has 0 spiro atoms. The molecule has 0 aliphatic rings. The number of pyridine rings is 1. The molecular formula is C22H19Cl2N5O4. The van der Waals surface area contributed by atoms with Gasteiger partial charge in [-0.3, -0.25) is 15.0 Å². The van der Waals surface area contributed by atoms with Gasteiger partial charge in [-0.25, -0.2) is 15.2 Å². The lowest BCUT2D eigenvalue weighted by Gasteiger charge is -2.19. The molecule has 3 rings (SSSR count). The first-order valence-corrected chi connectivity index (χ1v) is 10.4. The third-order valence-corrected chi connectivity index (χ3v) is 4.76. The molecule has 11 heteroatoms. The average molecular weight is 488 g/mol. The minimum Gasteiger partial charge on any atom is -0.481 e. The molecule has 0 aliphatic carbocycles. The summed E-state index contributed by atoms with van der Waals surface area (Å²) in [6.45, 7) is 0. The van der Waals surface area contributed by atoms with Crippen molar-refractivity contribution in [3.63, 3.8) is 0 Å². The minimum absolute atomic E-state index is 0.278. The standard InChI is InChI=1S/C22H19Cl2N5O4/c23-15-8-14(9-16(24)11-15)18(12-20(30)31)27-22(33)29-28-21(32)13-4-3-5-17(10-13)26-19-6-1-2-7-25-19/h1-11,18H,12H2,(H,25,26)(H,28,32)(H,30,31)(H2,27,29,33). The normalized spacial score (nSPS) is 11.2. The van der Waals surface area contributed by atoms with E-state index in [-0.39, 0.29) is 5.56 Å². The number of anilines is 2. The van der Waals surface area contributed by atoms with E-state index < -0.39 is 30.4 Å². The molecule has 0 aliphatic heterocycles. The van der Waals surface area contributed by atoms with Crippen molar-refractivity contribution >= 4 is 52.6 Å². The lowest BCUT2D eigenvalue weighted by atomic mass is 10.0. The smallest absolute Gasteiger partial charge is 0.333 e. The van der Waals surface area contributed by atoms with E-state index in [0.717, 1.165) is 0 Å². The van der Waals surface area contributed by atoms with Crippen molar-refractivity contribution in [2.75, 3.05) is 5.32 Å². The summed E-state index contributed by atoms with van der Waals surface area (Å²) < 4.78 is 0. The van der Waals surface area contributed by atoms with E-state index in [2.05, 4.69) is 26.5 Å². The van der Waals surface area contributed by atoms with E-state index >= 15 is 0 Å². The summed E-state index contributed by atoms with van der Waals surface area (Å²) in [5.41, 5.74) is 5.80. The van der Waals surface area contributed by atoms with Crippen LogP contribution < -0.4 is 21.5 Å². The number of carbonyl (C=O) groups excluding carboxylic acids is 2. The zero-order valence-corrected chi connectivity index (χ0v) is 18.5. The first kappa shape index (κ1) is 23.8. The molecule has 1 atom stereocenters. The van der Waals surface area contributed by atoms with Crippen LogP contribution in [0.15, 0.2) is 66.9 Å². The van der Waals surface area contributed by atoms with Crippen LogP contribution in [0.3, 0.4) is 0 Å². The number of carbonyl (C=O) groups is 3. The molecule has 1 heterocycles. The molecule has 170 valence electrons. The van der Waals surface area contributed by atoms with E-state index in [1.54, 1.807) is 42.6 Å². The Balaban J connectivity index is 1.61. The molecule has 9 nitrogen and oxygen atoms in total. The van der Waals surface area contributed by atoms with Gasteiger partial charge in [-0.05, 0) is 54.1 Å². The maximum Gasteiger partial charge on any atom is 0.333 e. The van der Waals surface area contributed by atoms with Crippen molar-refractivity contribution in [1.82, 2.24) is 21.2 Å². The fraction of sp³-hybridized carbons (Fsp3) is 0.0909. The summed E-state index contributed by atoms with van der Waals surface area (Å²) in [5.74, 6) is -1.11. The first-order valence-electron chi connectivity index (χ1n) is 9.63. The van der Waals surface area contributed by atoms with Crippen molar-refractivity contribution in [1.29, 1.82) is 0 Å². The number of aliphatic carboxylic acids is 1. The molecule has 1 aromatic heterocycles. The number of hydrogen-bond donors (Lipinski definition) is 5. The van der Waals surface area contributed by atoms with Gasteiger partial charge in [0.05, 0.1) is 12.5 Å². The van der Waals surface area contributed by atoms with Gasteiger partial charge in [0.15, 0.2) is 0 Å². The van der Waals surface area contributed by atoms with Gasteiger partial charge in [0, 0.05) is 27.5 Å². The van der Waals surface area contributed by atoms with Gasteiger partial charge in [0.2, 0.25) is 0 Å². The number of rotatable bonds is 7. The van der Waals surface area contributed by atoms with Crippen LogP contribution in [0.4, 0.5) is 16.3 Å². The highest BCUT2D eigenvalue weighted by Gasteiger charge is 2.19. The number of amides is 3. The number of halogens is 2. The molecule has 5 N–H and O–H groups in total.